The number of likely N-dealkylation sites (tertiary alicyclic amines) is 1. The quantitative estimate of drug-likeness (QED) is 0.643. The van der Waals surface area contributed by atoms with Crippen molar-refractivity contribution in [2.24, 2.45) is 5.92 Å². The van der Waals surface area contributed by atoms with Crippen LogP contribution in [0, 0.1) is 5.92 Å². The average Bonchev–Trinajstić information content (AvgIpc) is 3.11. The predicted octanol–water partition coefficient (Wildman–Crippen LogP) is 5.33. The van der Waals surface area contributed by atoms with Gasteiger partial charge < -0.3 is 9.42 Å². The Hall–Kier alpha value is -3.03. The molecule has 1 aliphatic heterocycles. The van der Waals surface area contributed by atoms with Gasteiger partial charge in [-0.3, -0.25) is 5.32 Å². The van der Waals surface area contributed by atoms with Crippen molar-refractivity contribution in [3.8, 4) is 0 Å². The molecule has 0 bridgehead atoms. The number of urea groups is 1. The van der Waals surface area contributed by atoms with Crippen molar-refractivity contribution < 1.29 is 22.5 Å². The molecule has 1 unspecified atom stereocenters. The van der Waals surface area contributed by atoms with E-state index in [1.165, 1.54) is 12.1 Å². The molecule has 1 atom stereocenters. The summed E-state index contributed by atoms with van der Waals surface area (Å²) < 4.78 is 44.0. The van der Waals surface area contributed by atoms with Crippen LogP contribution in [0.25, 0.3) is 11.0 Å². The van der Waals surface area contributed by atoms with E-state index in [1.807, 2.05) is 18.2 Å². The van der Waals surface area contributed by atoms with Gasteiger partial charge >= 0.3 is 12.2 Å². The first kappa shape index (κ1) is 19.3. The number of aromatic nitrogens is 1. The molecule has 5 nitrogen and oxygen atoms in total. The highest BCUT2D eigenvalue weighted by Crippen LogP contribution is 2.31. The number of anilines is 1. The number of piperidine rings is 1. The molecule has 2 aromatic carbocycles. The third kappa shape index (κ3) is 4.36. The predicted molar refractivity (Wildman–Crippen MR) is 102 cm³/mol. The minimum absolute atomic E-state index is 0.104. The molecule has 8 heteroatoms. The SMILES string of the molecule is O=C(Nc1noc2ccccc12)N1CCCC(Cc2cccc(C(F)(F)F)c2)C1. The van der Waals surface area contributed by atoms with E-state index in [2.05, 4.69) is 10.5 Å². The molecule has 2 amide bonds. The first-order valence-electron chi connectivity index (χ1n) is 9.46. The summed E-state index contributed by atoms with van der Waals surface area (Å²) in [5.74, 6) is 0.470. The lowest BCUT2D eigenvalue weighted by Crippen LogP contribution is -2.42. The summed E-state index contributed by atoms with van der Waals surface area (Å²) in [5, 5.41) is 7.41. The molecule has 1 aliphatic rings. The maximum absolute atomic E-state index is 12.9. The molecule has 1 fully saturated rings. The van der Waals surface area contributed by atoms with Gasteiger partial charge in [0.15, 0.2) is 11.4 Å². The lowest BCUT2D eigenvalue weighted by atomic mass is 9.91. The van der Waals surface area contributed by atoms with E-state index >= 15 is 0 Å². The molecule has 29 heavy (non-hydrogen) atoms. The third-order valence-electron chi connectivity index (χ3n) is 5.19. The first-order valence-corrected chi connectivity index (χ1v) is 9.46. The van der Waals surface area contributed by atoms with E-state index in [1.54, 1.807) is 17.0 Å². The van der Waals surface area contributed by atoms with Crippen molar-refractivity contribution in [2.75, 3.05) is 18.4 Å². The van der Waals surface area contributed by atoms with Crippen LogP contribution >= 0.6 is 0 Å². The van der Waals surface area contributed by atoms with Crippen LogP contribution < -0.4 is 5.32 Å². The Balaban J connectivity index is 1.41. The molecule has 1 saturated heterocycles. The van der Waals surface area contributed by atoms with Crippen molar-refractivity contribution >= 4 is 22.8 Å². The maximum atomic E-state index is 12.9. The molecule has 2 heterocycles. The zero-order valence-electron chi connectivity index (χ0n) is 15.6. The Morgan fingerprint density at radius 3 is 2.86 bits per heavy atom. The summed E-state index contributed by atoms with van der Waals surface area (Å²) in [4.78, 5) is 14.4. The van der Waals surface area contributed by atoms with Gasteiger partial charge in [0.2, 0.25) is 0 Å². The van der Waals surface area contributed by atoms with Crippen molar-refractivity contribution in [3.63, 3.8) is 0 Å². The van der Waals surface area contributed by atoms with Gasteiger partial charge in [-0.15, -0.1) is 0 Å². The lowest BCUT2D eigenvalue weighted by Gasteiger charge is -2.32. The van der Waals surface area contributed by atoms with E-state index in [0.29, 0.717) is 36.5 Å². The van der Waals surface area contributed by atoms with Crippen LogP contribution in [0.15, 0.2) is 53.1 Å². The number of alkyl halides is 3. The van der Waals surface area contributed by atoms with Crippen LogP contribution in [0.2, 0.25) is 0 Å². The molecule has 4 rings (SSSR count). The second kappa shape index (κ2) is 7.77. The van der Waals surface area contributed by atoms with Crippen LogP contribution in [-0.4, -0.2) is 29.2 Å². The Morgan fingerprint density at radius 2 is 2.03 bits per heavy atom. The number of carbonyl (C=O) groups excluding carboxylic acids is 1. The Morgan fingerprint density at radius 1 is 1.21 bits per heavy atom. The number of hydrogen-bond donors (Lipinski definition) is 1. The zero-order valence-corrected chi connectivity index (χ0v) is 15.6. The smallest absolute Gasteiger partial charge is 0.354 e. The van der Waals surface area contributed by atoms with Gasteiger partial charge in [0, 0.05) is 13.1 Å². The number of rotatable bonds is 3. The summed E-state index contributed by atoms with van der Waals surface area (Å²) in [6.45, 7) is 1.08. The molecule has 3 aromatic rings. The summed E-state index contributed by atoms with van der Waals surface area (Å²) in [5.41, 5.74) is 0.580. The van der Waals surface area contributed by atoms with E-state index in [-0.39, 0.29) is 11.9 Å². The lowest BCUT2D eigenvalue weighted by molar-refractivity contribution is -0.137. The van der Waals surface area contributed by atoms with Crippen molar-refractivity contribution in [2.45, 2.75) is 25.4 Å². The fourth-order valence-electron chi connectivity index (χ4n) is 3.78. The number of nitrogens with one attached hydrogen (secondary N) is 1. The van der Waals surface area contributed by atoms with Gasteiger partial charge in [-0.1, -0.05) is 35.5 Å². The summed E-state index contributed by atoms with van der Waals surface area (Å²) in [6.07, 6.45) is -2.18. The number of fused-ring (bicyclic) bond motifs is 1. The maximum Gasteiger partial charge on any atom is 0.416 e. The Labute approximate surface area is 165 Å². The van der Waals surface area contributed by atoms with Crippen LogP contribution in [-0.2, 0) is 12.6 Å². The molecular formula is C21H20F3N3O2. The number of para-hydroxylation sites is 1. The van der Waals surface area contributed by atoms with Crippen LogP contribution in [0.3, 0.4) is 0 Å². The van der Waals surface area contributed by atoms with Crippen molar-refractivity contribution in [3.05, 3.63) is 59.7 Å². The fraction of sp³-hybridized carbons (Fsp3) is 0.333. The standard InChI is InChI=1S/C21H20F3N3O2/c22-21(23,24)16-7-3-5-14(12-16)11-15-6-4-10-27(13-15)20(28)25-19-17-8-1-2-9-18(17)29-26-19/h1-3,5,7-9,12,15H,4,6,10-11,13H2,(H,25,26,28). The Bertz CT molecular complexity index is 1020. The summed E-state index contributed by atoms with van der Waals surface area (Å²) >= 11 is 0. The summed E-state index contributed by atoms with van der Waals surface area (Å²) in [6, 6.07) is 12.4. The van der Waals surface area contributed by atoms with Crippen LogP contribution in [0.5, 0.6) is 0 Å². The number of carbonyl (C=O) groups is 1. The van der Waals surface area contributed by atoms with Gasteiger partial charge in [0.25, 0.3) is 0 Å². The van der Waals surface area contributed by atoms with Gasteiger partial charge in [-0.2, -0.15) is 13.2 Å². The number of amides is 2. The first-order chi connectivity index (χ1) is 13.9. The molecule has 1 aromatic heterocycles. The topological polar surface area (TPSA) is 58.4 Å². The van der Waals surface area contributed by atoms with E-state index in [9.17, 15) is 18.0 Å². The number of nitrogens with zero attached hydrogens (tertiary/aromatic N) is 2. The minimum atomic E-state index is -4.35. The second-order valence-corrected chi connectivity index (χ2v) is 7.31. The average molecular weight is 403 g/mol. The van der Waals surface area contributed by atoms with Gasteiger partial charge in [-0.25, -0.2) is 4.79 Å². The fourth-order valence-corrected chi connectivity index (χ4v) is 3.78. The molecule has 0 aliphatic carbocycles. The van der Waals surface area contributed by atoms with E-state index in [0.717, 1.165) is 24.3 Å². The van der Waals surface area contributed by atoms with Gasteiger partial charge in [0.1, 0.15) is 0 Å². The minimum Gasteiger partial charge on any atom is -0.354 e. The monoisotopic (exact) mass is 403 g/mol. The van der Waals surface area contributed by atoms with Crippen LogP contribution in [0.1, 0.15) is 24.0 Å². The normalized spacial score (nSPS) is 17.5. The molecule has 0 saturated carbocycles. The van der Waals surface area contributed by atoms with Crippen molar-refractivity contribution in [1.82, 2.24) is 10.1 Å². The molecular weight excluding hydrogens is 383 g/mol. The van der Waals surface area contributed by atoms with Crippen LogP contribution in [0.4, 0.5) is 23.8 Å². The molecule has 0 spiro atoms. The largest absolute Gasteiger partial charge is 0.416 e. The zero-order chi connectivity index (χ0) is 20.4. The van der Waals surface area contributed by atoms with E-state index < -0.39 is 11.7 Å². The second-order valence-electron chi connectivity index (χ2n) is 7.31. The summed E-state index contributed by atoms with van der Waals surface area (Å²) in [7, 11) is 0. The van der Waals surface area contributed by atoms with Gasteiger partial charge in [-0.05, 0) is 48.9 Å². The molecule has 0 radical (unpaired) electrons. The van der Waals surface area contributed by atoms with E-state index in [4.69, 9.17) is 4.52 Å². The molecule has 1 N–H and O–H groups in total. The molecule has 152 valence electrons. The third-order valence-corrected chi connectivity index (χ3v) is 5.19. The number of benzene rings is 2. The number of halogens is 3. The van der Waals surface area contributed by atoms with Gasteiger partial charge in [0.05, 0.1) is 10.9 Å². The number of hydrogen-bond acceptors (Lipinski definition) is 3. The highest BCUT2D eigenvalue weighted by Gasteiger charge is 2.31. The highest BCUT2D eigenvalue weighted by atomic mass is 19.4. The Kier molecular flexibility index (Phi) is 5.17. The van der Waals surface area contributed by atoms with Crippen molar-refractivity contribution in [1.29, 1.82) is 0 Å². The highest BCUT2D eigenvalue weighted by molar-refractivity contribution is 5.98.